The Hall–Kier alpha value is -4.46. The van der Waals surface area contributed by atoms with Crippen molar-refractivity contribution in [1.82, 2.24) is 0 Å². The SMILES string of the molecule is [C-]#[N+]C([N+]#[C-])=c1cc(-c2ccc(CC)cc2)/c(=c2\sc(=C(C#N)C#N)cc2-c2ccc(CC)cc2)s1. The number of aryl methyl sites for hydroxylation is 2. The largest absolute Gasteiger partial charge is 0.536 e. The van der Waals surface area contributed by atoms with Gasteiger partial charge in [-0.05, 0) is 47.2 Å². The average Bonchev–Trinajstić information content (AvgIpc) is 3.55. The van der Waals surface area contributed by atoms with Gasteiger partial charge in [-0.3, -0.25) is 0 Å². The lowest BCUT2D eigenvalue weighted by molar-refractivity contribution is 1.14. The lowest BCUT2D eigenvalue weighted by atomic mass is 10.0. The first kappa shape index (κ1) is 24.7. The molecule has 0 spiro atoms. The molecule has 0 saturated carbocycles. The highest BCUT2D eigenvalue weighted by Crippen LogP contribution is 2.30. The van der Waals surface area contributed by atoms with E-state index in [1.165, 1.54) is 33.8 Å². The zero-order valence-electron chi connectivity index (χ0n) is 19.8. The maximum absolute atomic E-state index is 9.54. The zero-order valence-corrected chi connectivity index (χ0v) is 21.4. The van der Waals surface area contributed by atoms with E-state index < -0.39 is 0 Å². The van der Waals surface area contributed by atoms with Crippen molar-refractivity contribution < 1.29 is 0 Å². The lowest BCUT2D eigenvalue weighted by Gasteiger charge is -2.03. The molecule has 6 heteroatoms. The van der Waals surface area contributed by atoms with Crippen LogP contribution >= 0.6 is 22.7 Å². The molecule has 0 aliphatic heterocycles. The van der Waals surface area contributed by atoms with E-state index >= 15 is 0 Å². The highest BCUT2D eigenvalue weighted by Gasteiger charge is 2.14. The molecule has 0 saturated heterocycles. The second-order valence-corrected chi connectivity index (χ2v) is 10.1. The minimum Gasteiger partial charge on any atom is -0.192 e. The van der Waals surface area contributed by atoms with Crippen LogP contribution in [0.15, 0.2) is 60.7 Å². The third-order valence-corrected chi connectivity index (χ3v) is 8.37. The molecule has 0 N–H and O–H groups in total. The van der Waals surface area contributed by atoms with E-state index in [0.717, 1.165) is 44.2 Å². The molecule has 36 heavy (non-hydrogen) atoms. The summed E-state index contributed by atoms with van der Waals surface area (Å²) in [5, 5.41) is 19.1. The van der Waals surface area contributed by atoms with Gasteiger partial charge in [0, 0.05) is 11.1 Å². The predicted octanol–water partition coefficient (Wildman–Crippen LogP) is 6.66. The fourth-order valence-electron chi connectivity index (χ4n) is 3.89. The minimum absolute atomic E-state index is 0.0320. The van der Waals surface area contributed by atoms with Gasteiger partial charge < -0.3 is 0 Å². The quantitative estimate of drug-likeness (QED) is 0.294. The Morgan fingerprint density at radius 1 is 0.722 bits per heavy atom. The number of hydrogen-bond acceptors (Lipinski definition) is 4. The van der Waals surface area contributed by atoms with Crippen molar-refractivity contribution in [3.63, 3.8) is 0 Å². The first-order valence-corrected chi connectivity index (χ1v) is 13.0. The Kier molecular flexibility index (Phi) is 7.44. The molecule has 0 aliphatic carbocycles. The van der Waals surface area contributed by atoms with E-state index in [0.29, 0.717) is 9.06 Å². The van der Waals surface area contributed by atoms with Gasteiger partial charge >= 0.3 is 5.82 Å². The van der Waals surface area contributed by atoms with Gasteiger partial charge in [0.05, 0.1) is 13.6 Å². The molecular weight excluding hydrogens is 480 g/mol. The number of nitriles is 2. The summed E-state index contributed by atoms with van der Waals surface area (Å²) in [7, 11) is 0. The fourth-order valence-corrected chi connectivity index (χ4v) is 6.29. The topological polar surface area (TPSA) is 56.3 Å². The van der Waals surface area contributed by atoms with Crippen molar-refractivity contribution in [2.45, 2.75) is 26.7 Å². The van der Waals surface area contributed by atoms with E-state index in [1.54, 1.807) is 0 Å². The summed E-state index contributed by atoms with van der Waals surface area (Å²) in [6.07, 6.45) is 1.86. The van der Waals surface area contributed by atoms with Crippen molar-refractivity contribution in [3.8, 4) is 34.4 Å². The van der Waals surface area contributed by atoms with Crippen LogP contribution in [0.25, 0.3) is 43.3 Å². The van der Waals surface area contributed by atoms with Crippen LogP contribution in [-0.2, 0) is 12.8 Å². The maximum atomic E-state index is 9.54. The normalized spacial score (nSPS) is 11.1. The number of thiophene rings is 2. The van der Waals surface area contributed by atoms with Crippen LogP contribution in [0.4, 0.5) is 0 Å². The van der Waals surface area contributed by atoms with Crippen molar-refractivity contribution in [3.05, 3.63) is 113 Å². The Balaban J connectivity index is 2.23. The number of benzene rings is 2. The molecule has 0 atom stereocenters. The van der Waals surface area contributed by atoms with Crippen molar-refractivity contribution in [1.29, 1.82) is 10.5 Å². The molecule has 0 amide bonds. The van der Waals surface area contributed by atoms with Crippen LogP contribution in [-0.4, -0.2) is 0 Å². The summed E-state index contributed by atoms with van der Waals surface area (Å²) in [5.41, 5.74) is 6.35. The Bertz CT molecular complexity index is 1660. The molecule has 2 aromatic carbocycles. The first-order valence-electron chi connectivity index (χ1n) is 11.3. The summed E-state index contributed by atoms with van der Waals surface area (Å²) in [6, 6.07) is 24.5. The van der Waals surface area contributed by atoms with E-state index in [1.807, 2.05) is 24.3 Å². The molecule has 0 fully saturated rings. The van der Waals surface area contributed by atoms with Gasteiger partial charge in [0.15, 0.2) is 0 Å². The van der Waals surface area contributed by atoms with Crippen LogP contribution < -0.4 is 9.06 Å². The molecular formula is C30H20N4S2. The molecule has 172 valence electrons. The summed E-state index contributed by atoms with van der Waals surface area (Å²) in [6.45, 7) is 19.2. The van der Waals surface area contributed by atoms with Crippen molar-refractivity contribution >= 4 is 34.1 Å². The molecule has 4 aromatic rings. The minimum atomic E-state index is 0.0320. The third kappa shape index (κ3) is 4.70. The molecule has 2 heterocycles. The third-order valence-electron chi connectivity index (χ3n) is 5.92. The number of rotatable bonds is 4. The Labute approximate surface area is 217 Å². The van der Waals surface area contributed by atoms with Crippen LogP contribution in [0.3, 0.4) is 0 Å². The smallest absolute Gasteiger partial charge is 0.192 e. The fraction of sp³-hybridized carbons (Fsp3) is 0.133. The van der Waals surface area contributed by atoms with Gasteiger partial charge in [0.1, 0.15) is 35.4 Å². The lowest BCUT2D eigenvalue weighted by Crippen LogP contribution is -1.94. The highest BCUT2D eigenvalue weighted by molar-refractivity contribution is 7.12. The van der Waals surface area contributed by atoms with Gasteiger partial charge in [-0.1, -0.05) is 62.4 Å². The van der Waals surface area contributed by atoms with E-state index in [4.69, 9.17) is 13.1 Å². The van der Waals surface area contributed by atoms with Crippen LogP contribution in [0.1, 0.15) is 25.0 Å². The van der Waals surface area contributed by atoms with Crippen molar-refractivity contribution in [2.24, 2.45) is 0 Å². The molecule has 4 rings (SSSR count). The molecule has 0 radical (unpaired) electrons. The van der Waals surface area contributed by atoms with Gasteiger partial charge in [-0.25, -0.2) is 0 Å². The standard InChI is InChI=1S/C30H20N4S2/c1-5-19-7-11-21(12-8-19)24-15-26(23(17-31)18-32)35-28(24)29-25(16-27(36-29)30(33-3)34-4)22-13-9-20(6-2)10-14-22/h7-16H,5-6H2,1-2H3/b29-28+. The van der Waals surface area contributed by atoms with E-state index in [-0.39, 0.29) is 11.4 Å². The zero-order chi connectivity index (χ0) is 25.7. The summed E-state index contributed by atoms with van der Waals surface area (Å²) in [5.74, 6) is 0.0320. The van der Waals surface area contributed by atoms with E-state index in [9.17, 15) is 10.5 Å². The highest BCUT2D eigenvalue weighted by atomic mass is 32.1. The molecule has 0 unspecified atom stereocenters. The van der Waals surface area contributed by atoms with Gasteiger partial charge in [0.25, 0.3) is 0 Å². The average molecular weight is 501 g/mol. The number of hydrogen-bond donors (Lipinski definition) is 0. The maximum Gasteiger partial charge on any atom is 0.536 e. The summed E-state index contributed by atoms with van der Waals surface area (Å²) in [4.78, 5) is 6.88. The van der Waals surface area contributed by atoms with E-state index in [2.05, 4.69) is 72.1 Å². The van der Waals surface area contributed by atoms with Crippen LogP contribution in [0.2, 0.25) is 0 Å². The van der Waals surface area contributed by atoms with Crippen LogP contribution in [0, 0.1) is 44.9 Å². The monoisotopic (exact) mass is 500 g/mol. The summed E-state index contributed by atoms with van der Waals surface area (Å²) < 4.78 is 3.04. The van der Waals surface area contributed by atoms with Gasteiger partial charge in [-0.15, -0.1) is 22.7 Å². The Morgan fingerprint density at radius 2 is 1.14 bits per heavy atom. The molecule has 2 aromatic heterocycles. The molecule has 4 nitrogen and oxygen atoms in total. The van der Waals surface area contributed by atoms with Crippen LogP contribution in [0.5, 0.6) is 0 Å². The number of nitrogens with zero attached hydrogens (tertiary/aromatic N) is 4. The van der Waals surface area contributed by atoms with Crippen molar-refractivity contribution in [2.75, 3.05) is 0 Å². The second kappa shape index (κ2) is 10.9. The molecule has 0 bridgehead atoms. The van der Waals surface area contributed by atoms with Gasteiger partial charge in [-0.2, -0.15) is 20.2 Å². The molecule has 0 aliphatic rings. The summed E-state index contributed by atoms with van der Waals surface area (Å²) >= 11 is 2.80. The first-order chi connectivity index (χ1) is 17.6. The van der Waals surface area contributed by atoms with Gasteiger partial charge in [0.2, 0.25) is 0 Å². The predicted molar refractivity (Wildman–Crippen MR) is 146 cm³/mol. The Morgan fingerprint density at radius 3 is 1.53 bits per heavy atom. The second-order valence-electron chi connectivity index (χ2n) is 7.95.